The zero-order valence-electron chi connectivity index (χ0n) is 10.5. The van der Waals surface area contributed by atoms with Gasteiger partial charge in [-0.3, -0.25) is 0 Å². The largest absolute Gasteiger partial charge is 0.349 e. The summed E-state index contributed by atoms with van der Waals surface area (Å²) in [5.74, 6) is 1.01. The van der Waals surface area contributed by atoms with E-state index in [9.17, 15) is 0 Å². The Balaban J connectivity index is 2.90. The predicted octanol–water partition coefficient (Wildman–Crippen LogP) is 2.37. The van der Waals surface area contributed by atoms with E-state index in [4.69, 9.17) is 0 Å². The summed E-state index contributed by atoms with van der Waals surface area (Å²) >= 11 is 0. The van der Waals surface area contributed by atoms with Crippen LogP contribution in [-0.4, -0.2) is 24.6 Å². The average molecular weight is 231 g/mol. The fourth-order valence-electron chi connectivity index (χ4n) is 1.67. The van der Waals surface area contributed by atoms with Gasteiger partial charge in [-0.25, -0.2) is 4.98 Å². The molecule has 1 heterocycles. The minimum Gasteiger partial charge on any atom is -0.349 e. The Hall–Kier alpha value is -1.61. The van der Waals surface area contributed by atoms with Gasteiger partial charge in [0.1, 0.15) is 5.82 Å². The van der Waals surface area contributed by atoms with Crippen molar-refractivity contribution < 1.29 is 0 Å². The number of nitrogens with one attached hydrogen (secondary N) is 1. The van der Waals surface area contributed by atoms with Crippen molar-refractivity contribution in [2.45, 2.75) is 13.5 Å². The molecule has 1 rings (SSSR count). The molecule has 0 aliphatic heterocycles. The monoisotopic (exact) mass is 231 g/mol. The molecule has 0 aliphatic carbocycles. The quantitative estimate of drug-likeness (QED) is 0.696. The highest BCUT2D eigenvalue weighted by atomic mass is 15.2. The Morgan fingerprint density at radius 1 is 1.35 bits per heavy atom. The van der Waals surface area contributed by atoms with Crippen LogP contribution in [0.15, 0.2) is 43.6 Å². The van der Waals surface area contributed by atoms with Crippen molar-refractivity contribution >= 4 is 5.82 Å². The van der Waals surface area contributed by atoms with Gasteiger partial charge < -0.3 is 10.2 Å². The lowest BCUT2D eigenvalue weighted by Crippen LogP contribution is -2.26. The van der Waals surface area contributed by atoms with Crippen molar-refractivity contribution in [3.8, 4) is 0 Å². The minimum atomic E-state index is 0.780. The third-order valence-corrected chi connectivity index (χ3v) is 2.43. The van der Waals surface area contributed by atoms with Gasteiger partial charge in [0.2, 0.25) is 0 Å². The first kappa shape index (κ1) is 13.5. The van der Waals surface area contributed by atoms with E-state index in [0.29, 0.717) is 0 Å². The van der Waals surface area contributed by atoms with Crippen LogP contribution in [0.3, 0.4) is 0 Å². The fourth-order valence-corrected chi connectivity index (χ4v) is 1.67. The normalized spacial score (nSPS) is 9.94. The van der Waals surface area contributed by atoms with Crippen molar-refractivity contribution in [1.29, 1.82) is 0 Å². The second-order valence-electron chi connectivity index (χ2n) is 3.75. The molecule has 1 aromatic heterocycles. The lowest BCUT2D eigenvalue weighted by atomic mass is 10.2. The summed E-state index contributed by atoms with van der Waals surface area (Å²) in [6.07, 6.45) is 5.59. The van der Waals surface area contributed by atoms with Crippen molar-refractivity contribution in [3.05, 3.63) is 49.2 Å². The van der Waals surface area contributed by atoms with Gasteiger partial charge in [-0.2, -0.15) is 0 Å². The van der Waals surface area contributed by atoms with E-state index in [1.54, 1.807) is 0 Å². The zero-order valence-corrected chi connectivity index (χ0v) is 10.5. The van der Waals surface area contributed by atoms with E-state index in [-0.39, 0.29) is 0 Å². The molecule has 0 unspecified atom stereocenters. The van der Waals surface area contributed by atoms with E-state index in [0.717, 1.165) is 32.0 Å². The van der Waals surface area contributed by atoms with Gasteiger partial charge in [-0.15, -0.1) is 13.2 Å². The highest BCUT2D eigenvalue weighted by Crippen LogP contribution is 2.16. The van der Waals surface area contributed by atoms with E-state index in [2.05, 4.69) is 41.3 Å². The van der Waals surface area contributed by atoms with Crippen LogP contribution in [0.25, 0.3) is 0 Å². The van der Waals surface area contributed by atoms with Crippen LogP contribution >= 0.6 is 0 Å². The van der Waals surface area contributed by atoms with Crippen LogP contribution in [0, 0.1) is 0 Å². The second-order valence-corrected chi connectivity index (χ2v) is 3.75. The van der Waals surface area contributed by atoms with Crippen molar-refractivity contribution in [3.63, 3.8) is 0 Å². The van der Waals surface area contributed by atoms with Crippen molar-refractivity contribution in [2.75, 3.05) is 24.5 Å². The van der Waals surface area contributed by atoms with Gasteiger partial charge >= 0.3 is 0 Å². The highest BCUT2D eigenvalue weighted by molar-refractivity contribution is 5.47. The summed E-state index contributed by atoms with van der Waals surface area (Å²) in [6, 6.07) is 4.07. The summed E-state index contributed by atoms with van der Waals surface area (Å²) in [4.78, 5) is 6.62. The second kappa shape index (κ2) is 7.63. The van der Waals surface area contributed by atoms with Crippen LogP contribution in [0.2, 0.25) is 0 Å². The highest BCUT2D eigenvalue weighted by Gasteiger charge is 2.09. The maximum Gasteiger partial charge on any atom is 0.133 e. The van der Waals surface area contributed by atoms with Crippen LogP contribution < -0.4 is 10.2 Å². The minimum absolute atomic E-state index is 0.780. The number of hydrogen-bond donors (Lipinski definition) is 1. The van der Waals surface area contributed by atoms with E-state index < -0.39 is 0 Å². The molecule has 0 amide bonds. The predicted molar refractivity (Wildman–Crippen MR) is 74.2 cm³/mol. The molecule has 0 spiro atoms. The van der Waals surface area contributed by atoms with Gasteiger partial charge in [0.25, 0.3) is 0 Å². The number of anilines is 1. The van der Waals surface area contributed by atoms with E-state index in [1.807, 2.05) is 24.4 Å². The number of hydrogen-bond acceptors (Lipinski definition) is 3. The molecule has 1 aromatic rings. The summed E-state index contributed by atoms with van der Waals surface area (Å²) in [7, 11) is 0. The molecule has 1 N–H and O–H groups in total. The SMILES string of the molecule is C=CCN(CC=C)c1ncccc1CNCC. The molecule has 0 fully saturated rings. The molecule has 0 atom stereocenters. The van der Waals surface area contributed by atoms with Crippen molar-refractivity contribution in [1.82, 2.24) is 10.3 Å². The molecule has 0 radical (unpaired) electrons. The summed E-state index contributed by atoms with van der Waals surface area (Å²) in [6.45, 7) is 13.0. The molecule has 0 aliphatic rings. The van der Waals surface area contributed by atoms with Gasteiger partial charge in [-0.05, 0) is 12.6 Å². The lowest BCUT2D eigenvalue weighted by Gasteiger charge is -2.23. The first-order chi connectivity index (χ1) is 8.33. The van der Waals surface area contributed by atoms with Crippen LogP contribution in [0.4, 0.5) is 5.82 Å². The molecule has 0 aromatic carbocycles. The Labute approximate surface area is 104 Å². The topological polar surface area (TPSA) is 28.2 Å². The Morgan fingerprint density at radius 3 is 2.65 bits per heavy atom. The first-order valence-corrected chi connectivity index (χ1v) is 5.94. The molecule has 17 heavy (non-hydrogen) atoms. The Morgan fingerprint density at radius 2 is 2.06 bits per heavy atom. The van der Waals surface area contributed by atoms with E-state index in [1.165, 1.54) is 5.56 Å². The number of aromatic nitrogens is 1. The van der Waals surface area contributed by atoms with Crippen LogP contribution in [-0.2, 0) is 6.54 Å². The molecular formula is C14H21N3. The first-order valence-electron chi connectivity index (χ1n) is 5.94. The molecule has 92 valence electrons. The molecule has 0 saturated carbocycles. The Bertz CT molecular complexity index is 350. The number of nitrogens with zero attached hydrogens (tertiary/aromatic N) is 2. The molecule has 0 bridgehead atoms. The zero-order chi connectivity index (χ0) is 12.5. The summed E-state index contributed by atoms with van der Waals surface area (Å²) in [5, 5.41) is 3.33. The average Bonchev–Trinajstić information content (AvgIpc) is 2.36. The number of pyridine rings is 1. The van der Waals surface area contributed by atoms with Crippen molar-refractivity contribution in [2.24, 2.45) is 0 Å². The molecular weight excluding hydrogens is 210 g/mol. The maximum absolute atomic E-state index is 4.46. The summed E-state index contributed by atoms with van der Waals surface area (Å²) in [5.41, 5.74) is 1.21. The van der Waals surface area contributed by atoms with Gasteiger partial charge in [0, 0.05) is 31.4 Å². The third kappa shape index (κ3) is 4.04. The third-order valence-electron chi connectivity index (χ3n) is 2.43. The standard InChI is InChI=1S/C14H21N3/c1-4-10-17(11-5-2)14-13(12-15-6-3)8-7-9-16-14/h4-5,7-9,15H,1-2,6,10-12H2,3H3. The summed E-state index contributed by atoms with van der Waals surface area (Å²) < 4.78 is 0. The molecule has 3 nitrogen and oxygen atoms in total. The molecule has 3 heteroatoms. The maximum atomic E-state index is 4.46. The smallest absolute Gasteiger partial charge is 0.133 e. The molecule has 0 saturated heterocycles. The van der Waals surface area contributed by atoms with Gasteiger partial charge in [0.05, 0.1) is 0 Å². The Kier molecular flexibility index (Phi) is 6.04. The van der Waals surface area contributed by atoms with Crippen LogP contribution in [0.5, 0.6) is 0 Å². The van der Waals surface area contributed by atoms with Gasteiger partial charge in [0.15, 0.2) is 0 Å². The lowest BCUT2D eigenvalue weighted by molar-refractivity contribution is 0.720. The van der Waals surface area contributed by atoms with Crippen LogP contribution in [0.1, 0.15) is 12.5 Å². The van der Waals surface area contributed by atoms with Gasteiger partial charge in [-0.1, -0.05) is 25.1 Å². The number of rotatable bonds is 8. The van der Waals surface area contributed by atoms with E-state index >= 15 is 0 Å². The fraction of sp³-hybridized carbons (Fsp3) is 0.357.